The summed E-state index contributed by atoms with van der Waals surface area (Å²) in [7, 11) is 0. The van der Waals surface area contributed by atoms with Crippen LogP contribution in [0.25, 0.3) is 0 Å². The van der Waals surface area contributed by atoms with E-state index in [-0.39, 0.29) is 24.8 Å². The Hall–Kier alpha value is -1.60. The lowest BCUT2D eigenvalue weighted by atomic mass is 10.2. The lowest BCUT2D eigenvalue weighted by Gasteiger charge is -2.16. The Labute approximate surface area is 99.2 Å². The van der Waals surface area contributed by atoms with Gasteiger partial charge in [-0.2, -0.15) is 0 Å². The minimum Gasteiger partial charge on any atom is -0.394 e. The number of nitrogens with two attached hydrogens (primary N) is 2. The second-order valence-corrected chi connectivity index (χ2v) is 4.07. The number of nitrogens with one attached hydrogen (secondary N) is 1. The molecule has 1 aliphatic rings. The maximum atomic E-state index is 8.97. The molecule has 1 fully saturated rings. The summed E-state index contributed by atoms with van der Waals surface area (Å²) in [5.41, 5.74) is 11.8. The number of ether oxygens (including phenoxy) is 1. The maximum Gasteiger partial charge on any atom is 0.157 e. The van der Waals surface area contributed by atoms with Crippen molar-refractivity contribution in [2.45, 2.75) is 32.1 Å². The lowest BCUT2D eigenvalue weighted by molar-refractivity contribution is 0.0234. The molecule has 0 spiro atoms. The number of hydrogen-bond donors (Lipinski definition) is 4. The molecule has 17 heavy (non-hydrogen) atoms. The summed E-state index contributed by atoms with van der Waals surface area (Å²) >= 11 is 0. The highest BCUT2D eigenvalue weighted by Crippen LogP contribution is 2.26. The lowest BCUT2D eigenvalue weighted by Crippen LogP contribution is -2.23. The van der Waals surface area contributed by atoms with Crippen LogP contribution in [0.2, 0.25) is 0 Å². The van der Waals surface area contributed by atoms with Gasteiger partial charge in [-0.05, 0) is 19.8 Å². The van der Waals surface area contributed by atoms with Gasteiger partial charge in [-0.25, -0.2) is 9.97 Å². The summed E-state index contributed by atoms with van der Waals surface area (Å²) in [4.78, 5) is 8.14. The van der Waals surface area contributed by atoms with Crippen molar-refractivity contribution in [3.8, 4) is 0 Å². The zero-order valence-corrected chi connectivity index (χ0v) is 9.68. The highest BCUT2D eigenvalue weighted by atomic mass is 16.5. The van der Waals surface area contributed by atoms with Crippen molar-refractivity contribution in [3.05, 3.63) is 5.82 Å². The van der Waals surface area contributed by atoms with Crippen molar-refractivity contribution in [3.63, 3.8) is 0 Å². The topological polar surface area (TPSA) is 119 Å². The maximum absolute atomic E-state index is 8.97. The van der Waals surface area contributed by atoms with Crippen LogP contribution in [0.3, 0.4) is 0 Å². The molecular weight excluding hydrogens is 222 g/mol. The summed E-state index contributed by atoms with van der Waals surface area (Å²) < 4.78 is 5.53. The van der Waals surface area contributed by atoms with Crippen molar-refractivity contribution in [1.82, 2.24) is 9.97 Å². The summed E-state index contributed by atoms with van der Waals surface area (Å²) in [5, 5.41) is 12.0. The van der Waals surface area contributed by atoms with Gasteiger partial charge in [0.15, 0.2) is 11.6 Å². The van der Waals surface area contributed by atoms with Gasteiger partial charge >= 0.3 is 0 Å². The van der Waals surface area contributed by atoms with Gasteiger partial charge in [0.25, 0.3) is 0 Å². The van der Waals surface area contributed by atoms with Gasteiger partial charge in [-0.15, -0.1) is 0 Å². The van der Waals surface area contributed by atoms with Crippen LogP contribution in [0.4, 0.5) is 17.3 Å². The van der Waals surface area contributed by atoms with Gasteiger partial charge in [0, 0.05) is 0 Å². The number of aromatic nitrogens is 2. The summed E-state index contributed by atoms with van der Waals surface area (Å²) in [5.74, 6) is 1.30. The largest absolute Gasteiger partial charge is 0.394 e. The zero-order valence-electron chi connectivity index (χ0n) is 9.68. The number of nitrogens with zero attached hydrogens (tertiary/aromatic N) is 2. The molecule has 1 aliphatic heterocycles. The molecular formula is C10H17N5O2. The van der Waals surface area contributed by atoms with Crippen LogP contribution in [0, 0.1) is 6.92 Å². The van der Waals surface area contributed by atoms with Gasteiger partial charge in [0.1, 0.15) is 17.7 Å². The van der Waals surface area contributed by atoms with E-state index < -0.39 is 0 Å². The second kappa shape index (κ2) is 4.72. The average Bonchev–Trinajstić information content (AvgIpc) is 2.73. The van der Waals surface area contributed by atoms with Crippen molar-refractivity contribution in [2.24, 2.45) is 0 Å². The molecule has 1 aromatic heterocycles. The SMILES string of the molecule is Cc1nc(N)c(N)c(N[C@H]2CC[C@@H](CO)O2)n1. The highest BCUT2D eigenvalue weighted by molar-refractivity contribution is 5.72. The van der Waals surface area contributed by atoms with Crippen LogP contribution in [0.5, 0.6) is 0 Å². The first kappa shape index (κ1) is 11.9. The first-order chi connectivity index (χ1) is 8.10. The normalized spacial score (nSPS) is 23.9. The van der Waals surface area contributed by atoms with Crippen LogP contribution in [-0.2, 0) is 4.74 Å². The van der Waals surface area contributed by atoms with E-state index in [1.807, 2.05) is 0 Å². The van der Waals surface area contributed by atoms with Crippen LogP contribution >= 0.6 is 0 Å². The third-order valence-corrected chi connectivity index (χ3v) is 2.70. The number of anilines is 3. The quantitative estimate of drug-likeness (QED) is 0.579. The predicted octanol–water partition coefficient (Wildman–Crippen LogP) is -0.141. The number of aryl methyl sites for hydroxylation is 1. The fourth-order valence-electron chi connectivity index (χ4n) is 1.81. The zero-order chi connectivity index (χ0) is 12.4. The summed E-state index contributed by atoms with van der Waals surface area (Å²) in [6.45, 7) is 1.77. The van der Waals surface area contributed by atoms with E-state index in [0.29, 0.717) is 17.3 Å². The van der Waals surface area contributed by atoms with Crippen molar-refractivity contribution in [2.75, 3.05) is 23.4 Å². The molecule has 94 valence electrons. The van der Waals surface area contributed by atoms with Crippen LogP contribution in [0.1, 0.15) is 18.7 Å². The minimum atomic E-state index is -0.192. The smallest absolute Gasteiger partial charge is 0.157 e. The molecule has 2 atom stereocenters. The minimum absolute atomic E-state index is 0.0264. The van der Waals surface area contributed by atoms with E-state index in [9.17, 15) is 0 Å². The van der Waals surface area contributed by atoms with Crippen molar-refractivity contribution < 1.29 is 9.84 Å². The second-order valence-electron chi connectivity index (χ2n) is 4.07. The molecule has 7 heteroatoms. The van der Waals surface area contributed by atoms with Crippen LogP contribution < -0.4 is 16.8 Å². The number of aliphatic hydroxyl groups excluding tert-OH is 1. The summed E-state index contributed by atoms with van der Waals surface area (Å²) in [6.07, 6.45) is 1.30. The average molecular weight is 239 g/mol. The molecule has 0 saturated carbocycles. The number of aliphatic hydroxyl groups is 1. The van der Waals surface area contributed by atoms with Gasteiger partial charge in [0.2, 0.25) is 0 Å². The van der Waals surface area contributed by atoms with Crippen molar-refractivity contribution in [1.29, 1.82) is 0 Å². The highest BCUT2D eigenvalue weighted by Gasteiger charge is 2.25. The van der Waals surface area contributed by atoms with Gasteiger partial charge in [-0.1, -0.05) is 0 Å². The Morgan fingerprint density at radius 1 is 1.41 bits per heavy atom. The number of rotatable bonds is 3. The Balaban J connectivity index is 2.09. The third-order valence-electron chi connectivity index (χ3n) is 2.70. The first-order valence-corrected chi connectivity index (χ1v) is 5.52. The van der Waals surface area contributed by atoms with Gasteiger partial charge < -0.3 is 26.6 Å². The molecule has 0 radical (unpaired) electrons. The molecule has 0 unspecified atom stereocenters. The van der Waals surface area contributed by atoms with E-state index in [4.69, 9.17) is 21.3 Å². The van der Waals surface area contributed by atoms with Crippen LogP contribution in [-0.4, -0.2) is 34.0 Å². The molecule has 2 heterocycles. The van der Waals surface area contributed by atoms with E-state index in [0.717, 1.165) is 12.8 Å². The predicted molar refractivity (Wildman–Crippen MR) is 64.2 cm³/mol. The molecule has 7 nitrogen and oxygen atoms in total. The van der Waals surface area contributed by atoms with E-state index >= 15 is 0 Å². The van der Waals surface area contributed by atoms with Crippen LogP contribution in [0.15, 0.2) is 0 Å². The Bertz CT molecular complexity index is 412. The Morgan fingerprint density at radius 3 is 2.82 bits per heavy atom. The van der Waals surface area contributed by atoms with E-state index in [1.165, 1.54) is 0 Å². The number of hydrogen-bond acceptors (Lipinski definition) is 7. The number of nitrogen functional groups attached to an aromatic ring is 2. The molecule has 6 N–H and O–H groups in total. The molecule has 0 amide bonds. The Morgan fingerprint density at radius 2 is 2.18 bits per heavy atom. The molecule has 1 saturated heterocycles. The standard InChI is InChI=1S/C10H17N5O2/c1-5-13-9(12)8(11)10(14-5)15-7-3-2-6(4-16)17-7/h6-7,16H,2-4,11H2,1H3,(H3,12,13,14,15)/t6-,7+/m0/s1. The first-order valence-electron chi connectivity index (χ1n) is 5.52. The Kier molecular flexibility index (Phi) is 3.30. The van der Waals surface area contributed by atoms with Gasteiger partial charge in [0.05, 0.1) is 12.7 Å². The van der Waals surface area contributed by atoms with Crippen molar-refractivity contribution >= 4 is 17.3 Å². The molecule has 0 aromatic carbocycles. The van der Waals surface area contributed by atoms with E-state index in [1.54, 1.807) is 6.92 Å². The third kappa shape index (κ3) is 2.56. The molecule has 1 aromatic rings. The molecule has 0 aliphatic carbocycles. The van der Waals surface area contributed by atoms with Gasteiger partial charge in [-0.3, -0.25) is 0 Å². The van der Waals surface area contributed by atoms with E-state index in [2.05, 4.69) is 15.3 Å². The fourth-order valence-corrected chi connectivity index (χ4v) is 1.81. The summed E-state index contributed by atoms with van der Waals surface area (Å²) in [6, 6.07) is 0. The monoisotopic (exact) mass is 239 g/mol. The molecule has 0 bridgehead atoms. The molecule has 2 rings (SSSR count). The fraction of sp³-hybridized carbons (Fsp3) is 0.600.